The third-order valence-electron chi connectivity index (χ3n) is 3.10. The van der Waals surface area contributed by atoms with Gasteiger partial charge in [-0.1, -0.05) is 30.3 Å². The summed E-state index contributed by atoms with van der Waals surface area (Å²) in [5.41, 5.74) is 1.00. The van der Waals surface area contributed by atoms with Crippen LogP contribution in [-0.4, -0.2) is 5.91 Å². The highest BCUT2D eigenvalue weighted by molar-refractivity contribution is 5.91. The molecule has 3 aromatic rings. The number of rotatable bonds is 5. The molecule has 2 heterocycles. The van der Waals surface area contributed by atoms with E-state index in [0.29, 0.717) is 18.1 Å². The van der Waals surface area contributed by atoms with Gasteiger partial charge in [0, 0.05) is 11.6 Å². The monoisotopic (exact) mass is 293 g/mol. The second-order valence-electron chi connectivity index (χ2n) is 4.70. The van der Waals surface area contributed by atoms with Crippen molar-refractivity contribution in [3.63, 3.8) is 0 Å². The Hall–Kier alpha value is -3.01. The number of nitrogens with one attached hydrogen (secondary N) is 1. The predicted molar refractivity (Wildman–Crippen MR) is 83.7 cm³/mol. The van der Waals surface area contributed by atoms with Crippen molar-refractivity contribution in [2.75, 3.05) is 0 Å². The fourth-order valence-corrected chi connectivity index (χ4v) is 2.00. The molecule has 0 bridgehead atoms. The Kier molecular flexibility index (Phi) is 4.20. The summed E-state index contributed by atoms with van der Waals surface area (Å²) in [6, 6.07) is 17.1. The SMILES string of the molecule is O=C(/C=C/c1ccc(-c2ccccc2)o1)NCc1ccco1. The number of furan rings is 2. The third kappa shape index (κ3) is 3.55. The minimum absolute atomic E-state index is 0.200. The molecule has 0 saturated heterocycles. The molecule has 0 aliphatic rings. The Labute approximate surface area is 128 Å². The average Bonchev–Trinajstić information content (AvgIpc) is 3.23. The molecule has 22 heavy (non-hydrogen) atoms. The Balaban J connectivity index is 1.58. The summed E-state index contributed by atoms with van der Waals surface area (Å²) in [6.07, 6.45) is 4.66. The second kappa shape index (κ2) is 6.63. The summed E-state index contributed by atoms with van der Waals surface area (Å²) in [4.78, 5) is 11.7. The molecule has 4 nitrogen and oxygen atoms in total. The summed E-state index contributed by atoms with van der Waals surface area (Å²) in [5, 5.41) is 2.73. The number of carbonyl (C=O) groups is 1. The minimum atomic E-state index is -0.200. The molecule has 0 aliphatic heterocycles. The van der Waals surface area contributed by atoms with Crippen molar-refractivity contribution >= 4 is 12.0 Å². The first-order valence-electron chi connectivity index (χ1n) is 6.95. The molecular formula is C18H15NO3. The molecular weight excluding hydrogens is 278 g/mol. The molecule has 0 fully saturated rings. The lowest BCUT2D eigenvalue weighted by atomic mass is 10.2. The fourth-order valence-electron chi connectivity index (χ4n) is 2.00. The first-order valence-corrected chi connectivity index (χ1v) is 6.95. The van der Waals surface area contributed by atoms with Crippen molar-refractivity contribution in [1.29, 1.82) is 0 Å². The molecule has 2 aromatic heterocycles. The average molecular weight is 293 g/mol. The topological polar surface area (TPSA) is 55.4 Å². The summed E-state index contributed by atoms with van der Waals surface area (Å²) in [5.74, 6) is 1.92. The van der Waals surface area contributed by atoms with E-state index < -0.39 is 0 Å². The van der Waals surface area contributed by atoms with Crippen LogP contribution in [0.15, 0.2) is 75.8 Å². The van der Waals surface area contributed by atoms with Gasteiger partial charge in [-0.2, -0.15) is 0 Å². The fraction of sp³-hybridized carbons (Fsp3) is 0.0556. The Morgan fingerprint density at radius 2 is 1.91 bits per heavy atom. The molecule has 1 aromatic carbocycles. The lowest BCUT2D eigenvalue weighted by Crippen LogP contribution is -2.19. The summed E-state index contributed by atoms with van der Waals surface area (Å²) in [7, 11) is 0. The minimum Gasteiger partial charge on any atom is -0.467 e. The molecule has 0 radical (unpaired) electrons. The van der Waals surface area contributed by atoms with Crippen LogP contribution in [0.25, 0.3) is 17.4 Å². The van der Waals surface area contributed by atoms with Crippen molar-refractivity contribution in [2.45, 2.75) is 6.54 Å². The lowest BCUT2D eigenvalue weighted by Gasteiger charge is -1.98. The Morgan fingerprint density at radius 1 is 1.05 bits per heavy atom. The summed E-state index contributed by atoms with van der Waals surface area (Å²) < 4.78 is 10.8. The molecule has 110 valence electrons. The molecule has 0 aliphatic carbocycles. The maximum Gasteiger partial charge on any atom is 0.244 e. The highest BCUT2D eigenvalue weighted by Crippen LogP contribution is 2.22. The molecule has 0 saturated carbocycles. The molecule has 1 N–H and O–H groups in total. The van der Waals surface area contributed by atoms with Crippen molar-refractivity contribution in [3.05, 3.63) is 78.5 Å². The van der Waals surface area contributed by atoms with Crippen LogP contribution in [0.1, 0.15) is 11.5 Å². The Bertz CT molecular complexity index is 755. The zero-order valence-corrected chi connectivity index (χ0v) is 11.9. The van der Waals surface area contributed by atoms with Crippen LogP contribution in [0, 0.1) is 0 Å². The Morgan fingerprint density at radius 3 is 2.68 bits per heavy atom. The van der Waals surface area contributed by atoms with Crippen LogP contribution in [0.4, 0.5) is 0 Å². The molecule has 4 heteroatoms. The van der Waals surface area contributed by atoms with E-state index in [9.17, 15) is 4.79 Å². The summed E-state index contributed by atoms with van der Waals surface area (Å²) >= 11 is 0. The van der Waals surface area contributed by atoms with Crippen molar-refractivity contribution in [3.8, 4) is 11.3 Å². The van der Waals surface area contributed by atoms with Crippen LogP contribution in [0.2, 0.25) is 0 Å². The predicted octanol–water partition coefficient (Wildman–Crippen LogP) is 3.87. The largest absolute Gasteiger partial charge is 0.467 e. The molecule has 0 unspecified atom stereocenters. The van der Waals surface area contributed by atoms with Crippen LogP contribution >= 0.6 is 0 Å². The van der Waals surface area contributed by atoms with E-state index >= 15 is 0 Å². The molecule has 0 spiro atoms. The van der Waals surface area contributed by atoms with Gasteiger partial charge in [0.2, 0.25) is 5.91 Å². The van der Waals surface area contributed by atoms with Gasteiger partial charge in [0.1, 0.15) is 17.3 Å². The van der Waals surface area contributed by atoms with Crippen LogP contribution in [0.3, 0.4) is 0 Å². The van der Waals surface area contributed by atoms with Gasteiger partial charge >= 0.3 is 0 Å². The van der Waals surface area contributed by atoms with Gasteiger partial charge in [0.05, 0.1) is 12.8 Å². The number of hydrogen-bond donors (Lipinski definition) is 1. The van der Waals surface area contributed by atoms with E-state index in [1.54, 1.807) is 18.4 Å². The first kappa shape index (κ1) is 13.9. The van der Waals surface area contributed by atoms with Crippen molar-refractivity contribution in [1.82, 2.24) is 5.32 Å². The molecule has 3 rings (SSSR count). The number of amides is 1. The lowest BCUT2D eigenvalue weighted by molar-refractivity contribution is -0.116. The summed E-state index contributed by atoms with van der Waals surface area (Å²) in [6.45, 7) is 0.365. The van der Waals surface area contributed by atoms with Gasteiger partial charge in [0.25, 0.3) is 0 Å². The molecule has 0 atom stereocenters. The van der Waals surface area contributed by atoms with Crippen LogP contribution in [0.5, 0.6) is 0 Å². The van der Waals surface area contributed by atoms with Gasteiger partial charge in [0.15, 0.2) is 0 Å². The highest BCUT2D eigenvalue weighted by atomic mass is 16.3. The quantitative estimate of drug-likeness (QED) is 0.726. The highest BCUT2D eigenvalue weighted by Gasteiger charge is 2.03. The number of benzene rings is 1. The van der Waals surface area contributed by atoms with E-state index in [0.717, 1.165) is 11.3 Å². The standard InChI is InChI=1S/C18H15NO3/c20-18(19-13-16-7-4-12-21-16)11-9-15-8-10-17(22-15)14-5-2-1-3-6-14/h1-12H,13H2,(H,19,20)/b11-9+. The number of hydrogen-bond acceptors (Lipinski definition) is 3. The van der Waals surface area contributed by atoms with Crippen LogP contribution < -0.4 is 5.32 Å². The van der Waals surface area contributed by atoms with E-state index in [1.165, 1.54) is 6.08 Å². The van der Waals surface area contributed by atoms with E-state index in [4.69, 9.17) is 8.83 Å². The van der Waals surface area contributed by atoms with E-state index in [2.05, 4.69) is 5.32 Å². The maximum absolute atomic E-state index is 11.7. The van der Waals surface area contributed by atoms with Gasteiger partial charge in [-0.3, -0.25) is 4.79 Å². The molecule has 1 amide bonds. The van der Waals surface area contributed by atoms with E-state index in [-0.39, 0.29) is 5.91 Å². The van der Waals surface area contributed by atoms with Gasteiger partial charge in [-0.15, -0.1) is 0 Å². The normalized spacial score (nSPS) is 10.9. The third-order valence-corrected chi connectivity index (χ3v) is 3.10. The second-order valence-corrected chi connectivity index (χ2v) is 4.70. The van der Waals surface area contributed by atoms with Gasteiger partial charge < -0.3 is 14.2 Å². The smallest absolute Gasteiger partial charge is 0.244 e. The zero-order valence-electron chi connectivity index (χ0n) is 11.9. The maximum atomic E-state index is 11.7. The first-order chi connectivity index (χ1) is 10.8. The van der Waals surface area contributed by atoms with Gasteiger partial charge in [-0.25, -0.2) is 0 Å². The van der Waals surface area contributed by atoms with E-state index in [1.807, 2.05) is 48.5 Å². The van der Waals surface area contributed by atoms with Crippen molar-refractivity contribution < 1.29 is 13.6 Å². The number of carbonyl (C=O) groups excluding carboxylic acids is 1. The van der Waals surface area contributed by atoms with Gasteiger partial charge in [-0.05, 0) is 30.3 Å². The van der Waals surface area contributed by atoms with Crippen LogP contribution in [-0.2, 0) is 11.3 Å². The van der Waals surface area contributed by atoms with Crippen molar-refractivity contribution in [2.24, 2.45) is 0 Å². The zero-order chi connectivity index (χ0) is 15.2.